The number of carbonyl (C=O) groups excluding carboxylic acids is 2. The second kappa shape index (κ2) is 8.89. The third-order valence-corrected chi connectivity index (χ3v) is 4.22. The Hall–Kier alpha value is -3.02. The van der Waals surface area contributed by atoms with Crippen LogP contribution in [0.1, 0.15) is 31.7 Å². The van der Waals surface area contributed by atoms with Gasteiger partial charge in [0.15, 0.2) is 0 Å². The molecular formula is C20H24N2O4. The second-order valence-electron chi connectivity index (χ2n) is 5.87. The van der Waals surface area contributed by atoms with Crippen LogP contribution in [-0.4, -0.2) is 26.0 Å². The summed E-state index contributed by atoms with van der Waals surface area (Å²) in [5, 5.41) is 5.25. The van der Waals surface area contributed by atoms with Crippen molar-refractivity contribution in [2.45, 2.75) is 26.2 Å². The Kier molecular flexibility index (Phi) is 6.60. The number of rotatable bonds is 6. The van der Waals surface area contributed by atoms with Crippen molar-refractivity contribution >= 4 is 23.2 Å². The van der Waals surface area contributed by atoms with Crippen molar-refractivity contribution in [1.82, 2.24) is 0 Å². The monoisotopic (exact) mass is 356 g/mol. The summed E-state index contributed by atoms with van der Waals surface area (Å²) in [5.41, 5.74) is 2.03. The third kappa shape index (κ3) is 4.53. The molecule has 1 atom stereocenters. The Morgan fingerprint density at radius 2 is 1.62 bits per heavy atom. The summed E-state index contributed by atoms with van der Waals surface area (Å²) in [4.78, 5) is 24.6. The lowest BCUT2D eigenvalue weighted by Gasteiger charge is -2.16. The molecular weight excluding hydrogens is 332 g/mol. The molecule has 0 spiro atoms. The van der Waals surface area contributed by atoms with Crippen LogP contribution in [0.2, 0.25) is 0 Å². The molecule has 2 amide bonds. The topological polar surface area (TPSA) is 76.7 Å². The van der Waals surface area contributed by atoms with E-state index in [2.05, 4.69) is 24.5 Å². The molecule has 26 heavy (non-hydrogen) atoms. The van der Waals surface area contributed by atoms with E-state index in [-0.39, 0.29) is 5.92 Å². The van der Waals surface area contributed by atoms with Gasteiger partial charge in [-0.25, -0.2) is 0 Å². The molecule has 2 aromatic rings. The van der Waals surface area contributed by atoms with Crippen LogP contribution in [-0.2, 0) is 9.59 Å². The van der Waals surface area contributed by atoms with E-state index < -0.39 is 11.8 Å². The van der Waals surface area contributed by atoms with E-state index in [0.717, 1.165) is 12.0 Å². The summed E-state index contributed by atoms with van der Waals surface area (Å²) in [5.74, 6) is -0.237. The maximum Gasteiger partial charge on any atom is 0.314 e. The zero-order valence-electron chi connectivity index (χ0n) is 15.5. The maximum atomic E-state index is 12.3. The molecule has 6 nitrogen and oxygen atoms in total. The van der Waals surface area contributed by atoms with Crippen LogP contribution < -0.4 is 20.1 Å². The minimum absolute atomic E-state index is 0.274. The van der Waals surface area contributed by atoms with Crippen LogP contribution in [0.15, 0.2) is 42.5 Å². The Labute approximate surface area is 153 Å². The number of carbonyl (C=O) groups is 2. The minimum atomic E-state index is -0.771. The van der Waals surface area contributed by atoms with Gasteiger partial charge in [0.2, 0.25) is 0 Å². The average molecular weight is 356 g/mol. The van der Waals surface area contributed by atoms with Crippen molar-refractivity contribution in [3.63, 3.8) is 0 Å². The number of para-hydroxylation sites is 1. The lowest BCUT2D eigenvalue weighted by atomic mass is 9.97. The fourth-order valence-electron chi connectivity index (χ4n) is 2.52. The molecule has 0 saturated heterocycles. The smallest absolute Gasteiger partial charge is 0.314 e. The van der Waals surface area contributed by atoms with Crippen molar-refractivity contribution in [2.24, 2.45) is 0 Å². The van der Waals surface area contributed by atoms with Crippen LogP contribution in [0.5, 0.6) is 11.5 Å². The fraction of sp³-hybridized carbons (Fsp3) is 0.300. The van der Waals surface area contributed by atoms with Crippen molar-refractivity contribution in [1.29, 1.82) is 0 Å². The molecule has 0 saturated carbocycles. The summed E-state index contributed by atoms with van der Waals surface area (Å²) >= 11 is 0. The average Bonchev–Trinajstić information content (AvgIpc) is 2.67. The van der Waals surface area contributed by atoms with Crippen molar-refractivity contribution in [3.05, 3.63) is 48.0 Å². The molecule has 0 radical (unpaired) electrons. The molecule has 0 aromatic heterocycles. The second-order valence-corrected chi connectivity index (χ2v) is 5.87. The fourth-order valence-corrected chi connectivity index (χ4v) is 2.52. The highest BCUT2D eigenvalue weighted by atomic mass is 16.5. The van der Waals surface area contributed by atoms with E-state index in [1.807, 2.05) is 18.2 Å². The molecule has 0 aliphatic rings. The predicted molar refractivity (Wildman–Crippen MR) is 102 cm³/mol. The number of amides is 2. The quantitative estimate of drug-likeness (QED) is 0.772. The molecule has 0 heterocycles. The van der Waals surface area contributed by atoms with Gasteiger partial charge in [-0.15, -0.1) is 0 Å². The van der Waals surface area contributed by atoms with Gasteiger partial charge < -0.3 is 20.1 Å². The Morgan fingerprint density at radius 3 is 2.23 bits per heavy atom. The summed E-state index contributed by atoms with van der Waals surface area (Å²) in [6.07, 6.45) is 0.933. The van der Waals surface area contributed by atoms with Gasteiger partial charge >= 0.3 is 11.8 Å². The van der Waals surface area contributed by atoms with Gasteiger partial charge in [-0.1, -0.05) is 32.0 Å². The predicted octanol–water partition coefficient (Wildman–Crippen LogP) is 3.79. The van der Waals surface area contributed by atoms with E-state index in [1.54, 1.807) is 24.3 Å². The molecule has 0 fully saturated rings. The SMILES string of the molecule is CCC(C)c1ccccc1NC(=O)C(=O)Nc1ccc(OC)cc1OC. The minimum Gasteiger partial charge on any atom is -0.497 e. The molecule has 6 heteroatoms. The van der Waals surface area contributed by atoms with Gasteiger partial charge in [0, 0.05) is 11.8 Å². The van der Waals surface area contributed by atoms with Gasteiger partial charge in [-0.05, 0) is 36.1 Å². The highest BCUT2D eigenvalue weighted by molar-refractivity contribution is 6.43. The summed E-state index contributed by atoms with van der Waals surface area (Å²) in [6, 6.07) is 12.4. The van der Waals surface area contributed by atoms with E-state index in [4.69, 9.17) is 9.47 Å². The van der Waals surface area contributed by atoms with Gasteiger partial charge in [0.05, 0.1) is 19.9 Å². The molecule has 138 valence electrons. The van der Waals surface area contributed by atoms with Gasteiger partial charge in [-0.2, -0.15) is 0 Å². The standard InChI is InChI=1S/C20H24N2O4/c1-5-13(2)15-8-6-7-9-16(15)21-19(23)20(24)22-17-11-10-14(25-3)12-18(17)26-4/h6-13H,5H2,1-4H3,(H,21,23)(H,22,24). The van der Waals surface area contributed by atoms with Crippen LogP contribution in [0.4, 0.5) is 11.4 Å². The zero-order chi connectivity index (χ0) is 19.1. The van der Waals surface area contributed by atoms with E-state index in [1.165, 1.54) is 14.2 Å². The van der Waals surface area contributed by atoms with E-state index in [0.29, 0.717) is 22.9 Å². The highest BCUT2D eigenvalue weighted by Crippen LogP contribution is 2.29. The number of nitrogens with one attached hydrogen (secondary N) is 2. The molecule has 1 unspecified atom stereocenters. The van der Waals surface area contributed by atoms with Crippen molar-refractivity contribution in [2.75, 3.05) is 24.9 Å². The Balaban J connectivity index is 2.13. The van der Waals surface area contributed by atoms with Gasteiger partial charge in [-0.3, -0.25) is 9.59 Å². The van der Waals surface area contributed by atoms with E-state index in [9.17, 15) is 9.59 Å². The molecule has 2 rings (SSSR count). The largest absolute Gasteiger partial charge is 0.497 e. The maximum absolute atomic E-state index is 12.3. The first-order valence-electron chi connectivity index (χ1n) is 8.43. The number of ether oxygens (including phenoxy) is 2. The lowest BCUT2D eigenvalue weighted by molar-refractivity contribution is -0.133. The number of methoxy groups -OCH3 is 2. The van der Waals surface area contributed by atoms with E-state index >= 15 is 0 Å². The first-order valence-corrected chi connectivity index (χ1v) is 8.43. The Morgan fingerprint density at radius 1 is 0.962 bits per heavy atom. The lowest BCUT2D eigenvalue weighted by Crippen LogP contribution is -2.29. The molecule has 0 aliphatic carbocycles. The van der Waals surface area contributed by atoms with Gasteiger partial charge in [0.25, 0.3) is 0 Å². The molecule has 0 bridgehead atoms. The van der Waals surface area contributed by atoms with Crippen LogP contribution >= 0.6 is 0 Å². The van der Waals surface area contributed by atoms with Crippen molar-refractivity contribution in [3.8, 4) is 11.5 Å². The third-order valence-electron chi connectivity index (χ3n) is 4.22. The van der Waals surface area contributed by atoms with Crippen molar-refractivity contribution < 1.29 is 19.1 Å². The first kappa shape index (κ1) is 19.3. The highest BCUT2D eigenvalue weighted by Gasteiger charge is 2.18. The number of anilines is 2. The van der Waals surface area contributed by atoms with Crippen LogP contribution in [0.3, 0.4) is 0 Å². The van der Waals surface area contributed by atoms with Gasteiger partial charge in [0.1, 0.15) is 11.5 Å². The molecule has 0 aliphatic heterocycles. The first-order chi connectivity index (χ1) is 12.5. The zero-order valence-corrected chi connectivity index (χ0v) is 15.5. The molecule has 2 N–H and O–H groups in total. The number of hydrogen-bond donors (Lipinski definition) is 2. The normalized spacial score (nSPS) is 11.4. The number of benzene rings is 2. The number of hydrogen-bond acceptors (Lipinski definition) is 4. The summed E-state index contributed by atoms with van der Waals surface area (Å²) in [7, 11) is 3.02. The van der Waals surface area contributed by atoms with Crippen LogP contribution in [0.25, 0.3) is 0 Å². The van der Waals surface area contributed by atoms with Crippen LogP contribution in [0, 0.1) is 0 Å². The summed E-state index contributed by atoms with van der Waals surface area (Å²) < 4.78 is 10.3. The summed E-state index contributed by atoms with van der Waals surface area (Å²) in [6.45, 7) is 4.15. The molecule has 2 aromatic carbocycles. The Bertz CT molecular complexity index is 789.